The summed E-state index contributed by atoms with van der Waals surface area (Å²) in [7, 11) is 0. The van der Waals surface area contributed by atoms with Gasteiger partial charge in [-0.1, -0.05) is 26.3 Å². The van der Waals surface area contributed by atoms with Gasteiger partial charge in [0, 0.05) is 12.2 Å². The van der Waals surface area contributed by atoms with Crippen LogP contribution in [0.3, 0.4) is 0 Å². The fourth-order valence-electron chi connectivity index (χ4n) is 3.94. The van der Waals surface area contributed by atoms with Gasteiger partial charge in [0.15, 0.2) is 0 Å². The third-order valence-corrected chi connectivity index (χ3v) is 5.48. The Morgan fingerprint density at radius 2 is 1.93 bits per heavy atom. The second-order valence-electron chi connectivity index (χ2n) is 7.79. The summed E-state index contributed by atoms with van der Waals surface area (Å²) in [4.78, 5) is 39.1. The standard InChI is InChI=1S/C20H28N4O3/c1-5-13(4)17-19(26)24-10-15(9-16(24)18(25)23-17)22-20(27)21-14-7-11(2)6-12(3)8-14/h6-8,13,15-17H,5,9-10H2,1-4H3,(H,23,25)(H2,21,22,27)/t13-,15-,16-,17-/m0/s1. The zero-order chi connectivity index (χ0) is 19.7. The number of anilines is 1. The molecule has 0 spiro atoms. The minimum absolute atomic E-state index is 0.0482. The van der Waals surface area contributed by atoms with Crippen molar-refractivity contribution in [2.24, 2.45) is 5.92 Å². The number of hydrogen-bond donors (Lipinski definition) is 3. The number of rotatable bonds is 4. The number of urea groups is 1. The molecule has 146 valence electrons. The summed E-state index contributed by atoms with van der Waals surface area (Å²) in [5.41, 5.74) is 2.87. The van der Waals surface area contributed by atoms with Crippen LogP contribution >= 0.6 is 0 Å². The molecular weight excluding hydrogens is 344 g/mol. The van der Waals surface area contributed by atoms with Gasteiger partial charge in [-0.2, -0.15) is 0 Å². The van der Waals surface area contributed by atoms with Gasteiger partial charge in [0.2, 0.25) is 11.8 Å². The lowest BCUT2D eigenvalue weighted by molar-refractivity contribution is -0.148. The molecule has 0 radical (unpaired) electrons. The van der Waals surface area contributed by atoms with Gasteiger partial charge in [0.25, 0.3) is 0 Å². The van der Waals surface area contributed by atoms with E-state index in [-0.39, 0.29) is 29.8 Å². The predicted octanol–water partition coefficient (Wildman–Crippen LogP) is 1.94. The molecule has 7 heteroatoms. The number of nitrogens with zero attached hydrogens (tertiary/aromatic N) is 1. The fourth-order valence-corrected chi connectivity index (χ4v) is 3.94. The first-order valence-corrected chi connectivity index (χ1v) is 9.55. The number of piperazine rings is 1. The molecule has 3 rings (SSSR count). The summed E-state index contributed by atoms with van der Waals surface area (Å²) in [5, 5.41) is 8.59. The summed E-state index contributed by atoms with van der Waals surface area (Å²) in [5.74, 6) is -0.0887. The molecule has 0 unspecified atom stereocenters. The molecule has 2 saturated heterocycles. The number of aryl methyl sites for hydroxylation is 2. The third kappa shape index (κ3) is 4.07. The maximum Gasteiger partial charge on any atom is 0.319 e. The van der Waals surface area contributed by atoms with Crippen molar-refractivity contribution in [1.29, 1.82) is 0 Å². The lowest BCUT2D eigenvalue weighted by atomic mass is 9.95. The number of benzene rings is 1. The molecule has 1 aromatic carbocycles. The van der Waals surface area contributed by atoms with Crippen LogP contribution in [0, 0.1) is 19.8 Å². The molecule has 0 saturated carbocycles. The monoisotopic (exact) mass is 372 g/mol. The van der Waals surface area contributed by atoms with Crippen LogP contribution in [0.1, 0.15) is 37.8 Å². The molecule has 2 aliphatic heterocycles. The quantitative estimate of drug-likeness (QED) is 0.754. The highest BCUT2D eigenvalue weighted by Gasteiger charge is 2.47. The number of amides is 4. The van der Waals surface area contributed by atoms with E-state index in [1.54, 1.807) is 4.90 Å². The highest BCUT2D eigenvalue weighted by molar-refractivity contribution is 5.98. The molecule has 0 aromatic heterocycles. The molecule has 7 nitrogen and oxygen atoms in total. The van der Waals surface area contributed by atoms with Gasteiger partial charge < -0.3 is 20.9 Å². The molecule has 2 heterocycles. The molecule has 4 amide bonds. The first kappa shape index (κ1) is 19.2. The smallest absolute Gasteiger partial charge is 0.319 e. The summed E-state index contributed by atoms with van der Waals surface area (Å²) in [6.45, 7) is 8.28. The van der Waals surface area contributed by atoms with Crippen LogP contribution in [0.4, 0.5) is 10.5 Å². The van der Waals surface area contributed by atoms with E-state index in [0.717, 1.165) is 23.2 Å². The van der Waals surface area contributed by atoms with Crippen molar-refractivity contribution in [1.82, 2.24) is 15.5 Å². The average molecular weight is 372 g/mol. The van der Waals surface area contributed by atoms with E-state index < -0.39 is 12.1 Å². The van der Waals surface area contributed by atoms with Gasteiger partial charge in [-0.3, -0.25) is 9.59 Å². The number of fused-ring (bicyclic) bond motifs is 1. The first-order valence-electron chi connectivity index (χ1n) is 9.55. The zero-order valence-corrected chi connectivity index (χ0v) is 16.3. The van der Waals surface area contributed by atoms with E-state index in [0.29, 0.717) is 13.0 Å². The van der Waals surface area contributed by atoms with E-state index in [9.17, 15) is 14.4 Å². The average Bonchev–Trinajstić information content (AvgIpc) is 3.00. The van der Waals surface area contributed by atoms with Crippen molar-refractivity contribution < 1.29 is 14.4 Å². The summed E-state index contributed by atoms with van der Waals surface area (Å²) < 4.78 is 0. The summed E-state index contributed by atoms with van der Waals surface area (Å²) in [6, 6.07) is 4.31. The maximum absolute atomic E-state index is 12.7. The van der Waals surface area contributed by atoms with Crippen molar-refractivity contribution >= 4 is 23.5 Å². The highest BCUT2D eigenvalue weighted by atomic mass is 16.2. The van der Waals surface area contributed by atoms with Crippen molar-refractivity contribution in [3.8, 4) is 0 Å². The molecule has 27 heavy (non-hydrogen) atoms. The second-order valence-corrected chi connectivity index (χ2v) is 7.79. The molecule has 0 bridgehead atoms. The Hall–Kier alpha value is -2.57. The van der Waals surface area contributed by atoms with Gasteiger partial charge >= 0.3 is 6.03 Å². The SMILES string of the molecule is CC[C@H](C)[C@@H]1NC(=O)[C@@H]2C[C@H](NC(=O)Nc3cc(C)cc(C)c3)CN2C1=O. The van der Waals surface area contributed by atoms with Crippen LogP contribution in [-0.4, -0.2) is 47.4 Å². The van der Waals surface area contributed by atoms with Gasteiger partial charge in [0.1, 0.15) is 12.1 Å². The van der Waals surface area contributed by atoms with Gasteiger partial charge in [-0.25, -0.2) is 4.79 Å². The van der Waals surface area contributed by atoms with Crippen molar-refractivity contribution in [2.75, 3.05) is 11.9 Å². The Morgan fingerprint density at radius 1 is 1.26 bits per heavy atom. The summed E-state index contributed by atoms with van der Waals surface area (Å²) in [6.07, 6.45) is 1.25. The topological polar surface area (TPSA) is 90.5 Å². The zero-order valence-electron chi connectivity index (χ0n) is 16.3. The van der Waals surface area contributed by atoms with Crippen LogP contribution in [0.15, 0.2) is 18.2 Å². The number of hydrogen-bond acceptors (Lipinski definition) is 3. The Kier molecular flexibility index (Phi) is 5.39. The number of carbonyl (C=O) groups excluding carboxylic acids is 3. The number of carbonyl (C=O) groups is 3. The van der Waals surface area contributed by atoms with Crippen LogP contribution < -0.4 is 16.0 Å². The normalized spacial score (nSPS) is 25.6. The Morgan fingerprint density at radius 3 is 2.56 bits per heavy atom. The lowest BCUT2D eigenvalue weighted by Crippen LogP contribution is -2.62. The molecule has 2 fully saturated rings. The van der Waals surface area contributed by atoms with E-state index in [2.05, 4.69) is 16.0 Å². The van der Waals surface area contributed by atoms with E-state index in [1.165, 1.54) is 0 Å². The third-order valence-electron chi connectivity index (χ3n) is 5.48. The Labute approximate surface area is 159 Å². The van der Waals surface area contributed by atoms with Gasteiger partial charge in [0.05, 0.1) is 6.04 Å². The second kappa shape index (κ2) is 7.58. The minimum Gasteiger partial charge on any atom is -0.342 e. The first-order chi connectivity index (χ1) is 12.8. The Bertz CT molecular complexity index is 743. The van der Waals surface area contributed by atoms with Crippen LogP contribution in [-0.2, 0) is 9.59 Å². The van der Waals surface area contributed by atoms with Gasteiger partial charge in [-0.05, 0) is 49.4 Å². The van der Waals surface area contributed by atoms with Crippen LogP contribution in [0.5, 0.6) is 0 Å². The van der Waals surface area contributed by atoms with Crippen LogP contribution in [0.2, 0.25) is 0 Å². The Balaban J connectivity index is 1.62. The molecule has 1 aromatic rings. The highest BCUT2D eigenvalue weighted by Crippen LogP contribution is 2.26. The van der Waals surface area contributed by atoms with Crippen molar-refractivity contribution in [3.05, 3.63) is 29.3 Å². The van der Waals surface area contributed by atoms with Crippen LogP contribution in [0.25, 0.3) is 0 Å². The van der Waals surface area contributed by atoms with E-state index in [4.69, 9.17) is 0 Å². The molecule has 0 aliphatic carbocycles. The largest absolute Gasteiger partial charge is 0.342 e. The lowest BCUT2D eigenvalue weighted by Gasteiger charge is -2.36. The van der Waals surface area contributed by atoms with E-state index >= 15 is 0 Å². The molecular formula is C20H28N4O3. The minimum atomic E-state index is -0.496. The number of nitrogens with one attached hydrogen (secondary N) is 3. The fraction of sp³-hybridized carbons (Fsp3) is 0.550. The van der Waals surface area contributed by atoms with Gasteiger partial charge in [-0.15, -0.1) is 0 Å². The molecule has 4 atom stereocenters. The van der Waals surface area contributed by atoms with E-state index in [1.807, 2.05) is 45.9 Å². The van der Waals surface area contributed by atoms with Crippen molar-refractivity contribution in [3.63, 3.8) is 0 Å². The summed E-state index contributed by atoms with van der Waals surface area (Å²) >= 11 is 0. The molecule has 3 N–H and O–H groups in total. The predicted molar refractivity (Wildman–Crippen MR) is 103 cm³/mol. The van der Waals surface area contributed by atoms with Crippen molar-refractivity contribution in [2.45, 2.75) is 58.7 Å². The molecule has 2 aliphatic rings. The maximum atomic E-state index is 12.7.